The van der Waals surface area contributed by atoms with Gasteiger partial charge in [0.15, 0.2) is 5.11 Å². The SMILES string of the molecule is CCCCCC(=O)NC(NC(=S)Nc1ccc(C)c(C)c1)C(Cl)(Cl)Cl. The monoisotopic (exact) mass is 423 g/mol. The van der Waals surface area contributed by atoms with Crippen molar-refractivity contribution < 1.29 is 4.79 Å². The van der Waals surface area contributed by atoms with Crippen LogP contribution in [0.15, 0.2) is 18.2 Å². The fourth-order valence-electron chi connectivity index (χ4n) is 2.09. The molecular formula is C17H24Cl3N3OS. The van der Waals surface area contributed by atoms with E-state index in [0.717, 1.165) is 30.5 Å². The molecule has 0 heterocycles. The van der Waals surface area contributed by atoms with Crippen LogP contribution in [0.1, 0.15) is 43.7 Å². The highest BCUT2D eigenvalue weighted by Crippen LogP contribution is 2.29. The number of aryl methyl sites for hydroxylation is 2. The van der Waals surface area contributed by atoms with Crippen LogP contribution in [0.5, 0.6) is 0 Å². The summed E-state index contributed by atoms with van der Waals surface area (Å²) < 4.78 is -1.74. The Morgan fingerprint density at radius 2 is 1.84 bits per heavy atom. The molecule has 0 bridgehead atoms. The van der Waals surface area contributed by atoms with Crippen molar-refractivity contribution >= 4 is 63.7 Å². The van der Waals surface area contributed by atoms with Crippen molar-refractivity contribution in [3.63, 3.8) is 0 Å². The molecule has 0 aliphatic rings. The minimum absolute atomic E-state index is 0.189. The van der Waals surface area contributed by atoms with Crippen molar-refractivity contribution in [2.24, 2.45) is 0 Å². The number of thiocarbonyl (C=S) groups is 1. The molecule has 0 saturated carbocycles. The van der Waals surface area contributed by atoms with Gasteiger partial charge in [-0.2, -0.15) is 0 Å². The van der Waals surface area contributed by atoms with E-state index in [1.165, 1.54) is 5.56 Å². The molecule has 1 aromatic rings. The number of hydrogen-bond acceptors (Lipinski definition) is 2. The number of carbonyl (C=O) groups is 1. The first kappa shape index (κ1) is 22.3. The lowest BCUT2D eigenvalue weighted by atomic mass is 10.1. The van der Waals surface area contributed by atoms with Gasteiger partial charge in [0.25, 0.3) is 0 Å². The molecule has 1 aromatic carbocycles. The van der Waals surface area contributed by atoms with E-state index in [-0.39, 0.29) is 11.0 Å². The summed E-state index contributed by atoms with van der Waals surface area (Å²) >= 11 is 23.2. The van der Waals surface area contributed by atoms with E-state index in [1.54, 1.807) is 0 Å². The highest BCUT2D eigenvalue weighted by molar-refractivity contribution is 7.80. The molecule has 8 heteroatoms. The minimum Gasteiger partial charge on any atom is -0.339 e. The number of amides is 1. The van der Waals surface area contributed by atoms with Crippen LogP contribution >= 0.6 is 47.0 Å². The lowest BCUT2D eigenvalue weighted by Gasteiger charge is -2.28. The van der Waals surface area contributed by atoms with Crippen molar-refractivity contribution in [2.45, 2.75) is 56.4 Å². The summed E-state index contributed by atoms with van der Waals surface area (Å²) in [5, 5.41) is 8.82. The summed E-state index contributed by atoms with van der Waals surface area (Å²) in [4.78, 5) is 12.0. The topological polar surface area (TPSA) is 53.2 Å². The molecule has 140 valence electrons. The lowest BCUT2D eigenvalue weighted by Crippen LogP contribution is -2.56. The van der Waals surface area contributed by atoms with Crippen LogP contribution in [0.3, 0.4) is 0 Å². The average molecular weight is 425 g/mol. The standard InChI is InChI=1S/C17H24Cl3N3OS/c1-4-5-6-7-14(24)22-15(17(18,19)20)23-16(25)21-13-9-8-11(2)12(3)10-13/h8-10,15H,4-7H2,1-3H3,(H,22,24)(H2,21,23,25). The number of rotatable bonds is 7. The van der Waals surface area contributed by atoms with E-state index in [2.05, 4.69) is 22.9 Å². The van der Waals surface area contributed by atoms with Gasteiger partial charge in [0.05, 0.1) is 0 Å². The molecule has 0 saturated heterocycles. The Hall–Kier alpha value is -0.750. The van der Waals surface area contributed by atoms with Gasteiger partial charge in [-0.25, -0.2) is 0 Å². The van der Waals surface area contributed by atoms with Crippen LogP contribution in [-0.4, -0.2) is 21.0 Å². The molecular weight excluding hydrogens is 401 g/mol. The van der Waals surface area contributed by atoms with Gasteiger partial charge < -0.3 is 16.0 Å². The fourth-order valence-corrected chi connectivity index (χ4v) is 2.65. The van der Waals surface area contributed by atoms with Crippen molar-refractivity contribution in [3.8, 4) is 0 Å². The molecule has 0 spiro atoms. The van der Waals surface area contributed by atoms with E-state index in [9.17, 15) is 4.79 Å². The Labute approximate surface area is 170 Å². The van der Waals surface area contributed by atoms with E-state index < -0.39 is 9.96 Å². The zero-order valence-corrected chi connectivity index (χ0v) is 17.7. The zero-order valence-electron chi connectivity index (χ0n) is 14.6. The summed E-state index contributed by atoms with van der Waals surface area (Å²) in [6.07, 6.45) is 2.25. The Morgan fingerprint density at radius 3 is 2.40 bits per heavy atom. The van der Waals surface area contributed by atoms with Gasteiger partial charge in [-0.1, -0.05) is 60.6 Å². The fraction of sp³-hybridized carbons (Fsp3) is 0.529. The van der Waals surface area contributed by atoms with Crippen LogP contribution in [0.2, 0.25) is 0 Å². The predicted octanol–water partition coefficient (Wildman–Crippen LogP) is 4.98. The number of nitrogens with one attached hydrogen (secondary N) is 3. The largest absolute Gasteiger partial charge is 0.339 e. The van der Waals surface area contributed by atoms with Gasteiger partial charge in [0.2, 0.25) is 9.70 Å². The molecule has 0 aliphatic carbocycles. The Kier molecular flexibility index (Phi) is 9.28. The highest BCUT2D eigenvalue weighted by Gasteiger charge is 2.34. The third-order valence-electron chi connectivity index (χ3n) is 3.68. The normalized spacial score (nSPS) is 12.4. The summed E-state index contributed by atoms with van der Waals surface area (Å²) in [7, 11) is 0. The number of hydrogen-bond donors (Lipinski definition) is 3. The van der Waals surface area contributed by atoms with Gasteiger partial charge in [0.1, 0.15) is 6.17 Å². The molecule has 1 rings (SSSR count). The first-order valence-corrected chi connectivity index (χ1v) is 9.68. The maximum absolute atomic E-state index is 12.0. The van der Waals surface area contributed by atoms with Crippen molar-refractivity contribution in [1.82, 2.24) is 10.6 Å². The van der Waals surface area contributed by atoms with Gasteiger partial charge in [-0.15, -0.1) is 0 Å². The number of halogens is 3. The van der Waals surface area contributed by atoms with Crippen LogP contribution in [0.25, 0.3) is 0 Å². The maximum Gasteiger partial charge on any atom is 0.228 e. The first-order valence-electron chi connectivity index (χ1n) is 8.14. The molecule has 1 amide bonds. The van der Waals surface area contributed by atoms with E-state index in [4.69, 9.17) is 47.0 Å². The van der Waals surface area contributed by atoms with Crippen molar-refractivity contribution in [2.75, 3.05) is 5.32 Å². The first-order chi connectivity index (χ1) is 11.6. The molecule has 25 heavy (non-hydrogen) atoms. The number of benzene rings is 1. The van der Waals surface area contributed by atoms with Crippen LogP contribution in [0, 0.1) is 13.8 Å². The number of anilines is 1. The summed E-state index contributed by atoms with van der Waals surface area (Å²) in [6.45, 7) is 6.11. The third kappa shape index (κ3) is 8.45. The van der Waals surface area contributed by atoms with Crippen molar-refractivity contribution in [1.29, 1.82) is 0 Å². The molecule has 0 aliphatic heterocycles. The minimum atomic E-state index is -1.74. The third-order valence-corrected chi connectivity index (χ3v) is 4.55. The van der Waals surface area contributed by atoms with Crippen LogP contribution in [-0.2, 0) is 4.79 Å². The second kappa shape index (κ2) is 10.4. The molecule has 4 nitrogen and oxygen atoms in total. The quantitative estimate of drug-likeness (QED) is 0.250. The highest BCUT2D eigenvalue weighted by atomic mass is 35.6. The second-order valence-corrected chi connectivity index (χ2v) is 8.67. The molecule has 0 radical (unpaired) electrons. The molecule has 1 unspecified atom stereocenters. The number of carbonyl (C=O) groups excluding carboxylic acids is 1. The van der Waals surface area contributed by atoms with Gasteiger partial charge >= 0.3 is 0 Å². The van der Waals surface area contributed by atoms with E-state index in [0.29, 0.717) is 6.42 Å². The van der Waals surface area contributed by atoms with E-state index >= 15 is 0 Å². The Bertz CT molecular complexity index is 605. The van der Waals surface area contributed by atoms with Crippen LogP contribution in [0.4, 0.5) is 5.69 Å². The smallest absolute Gasteiger partial charge is 0.228 e. The van der Waals surface area contributed by atoms with Gasteiger partial charge in [0, 0.05) is 12.1 Å². The Balaban J connectivity index is 2.66. The zero-order chi connectivity index (χ0) is 19.0. The number of alkyl halides is 3. The molecule has 1 atom stereocenters. The van der Waals surface area contributed by atoms with Gasteiger partial charge in [-0.3, -0.25) is 4.79 Å². The Morgan fingerprint density at radius 1 is 1.16 bits per heavy atom. The predicted molar refractivity (Wildman–Crippen MR) is 112 cm³/mol. The molecule has 0 fully saturated rings. The average Bonchev–Trinajstić information content (AvgIpc) is 2.49. The summed E-state index contributed by atoms with van der Waals surface area (Å²) in [6, 6.07) is 5.86. The van der Waals surface area contributed by atoms with Gasteiger partial charge in [-0.05, 0) is 55.7 Å². The summed E-state index contributed by atoms with van der Waals surface area (Å²) in [5.41, 5.74) is 3.14. The number of unbranched alkanes of at least 4 members (excludes halogenated alkanes) is 2. The maximum atomic E-state index is 12.0. The molecule has 3 N–H and O–H groups in total. The van der Waals surface area contributed by atoms with Crippen LogP contribution < -0.4 is 16.0 Å². The summed E-state index contributed by atoms with van der Waals surface area (Å²) in [5.74, 6) is -0.189. The van der Waals surface area contributed by atoms with Crippen molar-refractivity contribution in [3.05, 3.63) is 29.3 Å². The second-order valence-electron chi connectivity index (χ2n) is 5.90. The lowest BCUT2D eigenvalue weighted by molar-refractivity contribution is -0.122. The molecule has 0 aromatic heterocycles. The van der Waals surface area contributed by atoms with E-state index in [1.807, 2.05) is 32.0 Å².